The van der Waals surface area contributed by atoms with Crippen molar-refractivity contribution in [3.8, 4) is 11.5 Å². The Balaban J connectivity index is 1.58. The third kappa shape index (κ3) is 2.98. The molecule has 2 N–H and O–H groups in total. The van der Waals surface area contributed by atoms with Gasteiger partial charge in [0.1, 0.15) is 0 Å². The van der Waals surface area contributed by atoms with Crippen LogP contribution in [0.5, 0.6) is 11.5 Å². The molecule has 1 aliphatic heterocycles. The standard InChI is InChI=1S/C15H20N2O2S/c1-10-4-2-3-5-12(10)17-15(20)16-11-6-7-13-14(8-11)19-9-18-13/h6-8,10,12H,2-5,9H2,1H3,(H2,16,17,20). The fourth-order valence-corrected chi connectivity index (χ4v) is 3.11. The molecule has 1 aromatic rings. The van der Waals surface area contributed by atoms with Gasteiger partial charge in [0.15, 0.2) is 16.6 Å². The van der Waals surface area contributed by atoms with Crippen molar-refractivity contribution in [3.63, 3.8) is 0 Å². The predicted molar refractivity (Wildman–Crippen MR) is 83.3 cm³/mol. The first-order valence-corrected chi connectivity index (χ1v) is 7.60. The molecule has 1 heterocycles. The Labute approximate surface area is 124 Å². The van der Waals surface area contributed by atoms with E-state index in [-0.39, 0.29) is 0 Å². The molecule has 5 heteroatoms. The van der Waals surface area contributed by atoms with E-state index in [9.17, 15) is 0 Å². The maximum absolute atomic E-state index is 5.40. The quantitative estimate of drug-likeness (QED) is 0.819. The van der Waals surface area contributed by atoms with Crippen molar-refractivity contribution in [1.82, 2.24) is 5.32 Å². The molecule has 0 aromatic heterocycles. The molecule has 0 amide bonds. The van der Waals surface area contributed by atoms with Gasteiger partial charge in [0.2, 0.25) is 6.79 Å². The maximum atomic E-state index is 5.40. The molecule has 1 fully saturated rings. The van der Waals surface area contributed by atoms with E-state index >= 15 is 0 Å². The topological polar surface area (TPSA) is 42.5 Å². The van der Waals surface area contributed by atoms with E-state index in [1.54, 1.807) is 0 Å². The Kier molecular flexibility index (Phi) is 3.96. The molecule has 2 atom stereocenters. The number of nitrogens with one attached hydrogen (secondary N) is 2. The summed E-state index contributed by atoms with van der Waals surface area (Å²) >= 11 is 5.40. The van der Waals surface area contributed by atoms with Crippen LogP contribution in [-0.2, 0) is 0 Å². The zero-order valence-electron chi connectivity index (χ0n) is 11.6. The first-order chi connectivity index (χ1) is 9.72. The molecule has 2 aliphatic rings. The van der Waals surface area contributed by atoms with Gasteiger partial charge in [-0.1, -0.05) is 19.8 Å². The summed E-state index contributed by atoms with van der Waals surface area (Å²) in [5, 5.41) is 7.34. The molecule has 1 saturated carbocycles. The highest BCUT2D eigenvalue weighted by atomic mass is 32.1. The third-order valence-electron chi connectivity index (χ3n) is 4.06. The van der Waals surface area contributed by atoms with Crippen LogP contribution in [0.3, 0.4) is 0 Å². The van der Waals surface area contributed by atoms with Gasteiger partial charge in [-0.3, -0.25) is 0 Å². The highest BCUT2D eigenvalue weighted by molar-refractivity contribution is 7.80. The van der Waals surface area contributed by atoms with Crippen molar-refractivity contribution >= 4 is 23.0 Å². The summed E-state index contributed by atoms with van der Waals surface area (Å²) in [5.41, 5.74) is 0.926. The Morgan fingerprint density at radius 3 is 2.85 bits per heavy atom. The van der Waals surface area contributed by atoms with E-state index in [1.165, 1.54) is 25.7 Å². The van der Waals surface area contributed by atoms with Gasteiger partial charge in [0.05, 0.1) is 0 Å². The lowest BCUT2D eigenvalue weighted by Crippen LogP contribution is -2.43. The summed E-state index contributed by atoms with van der Waals surface area (Å²) in [5.74, 6) is 2.24. The van der Waals surface area contributed by atoms with Gasteiger partial charge in [-0.05, 0) is 43.1 Å². The third-order valence-corrected chi connectivity index (χ3v) is 4.28. The van der Waals surface area contributed by atoms with Crippen LogP contribution in [0.1, 0.15) is 32.6 Å². The molecule has 0 saturated heterocycles. The van der Waals surface area contributed by atoms with Crippen molar-refractivity contribution in [3.05, 3.63) is 18.2 Å². The zero-order valence-corrected chi connectivity index (χ0v) is 12.5. The smallest absolute Gasteiger partial charge is 0.231 e. The Morgan fingerprint density at radius 2 is 2.00 bits per heavy atom. The van der Waals surface area contributed by atoms with Gasteiger partial charge >= 0.3 is 0 Å². The van der Waals surface area contributed by atoms with Crippen LogP contribution in [0.15, 0.2) is 18.2 Å². The van der Waals surface area contributed by atoms with Crippen molar-refractivity contribution in [2.45, 2.75) is 38.6 Å². The number of fused-ring (bicyclic) bond motifs is 1. The lowest BCUT2D eigenvalue weighted by molar-refractivity contribution is 0.174. The second-order valence-corrected chi connectivity index (χ2v) is 5.94. The second kappa shape index (κ2) is 5.87. The van der Waals surface area contributed by atoms with E-state index in [4.69, 9.17) is 21.7 Å². The molecular formula is C15H20N2O2S. The molecule has 1 aromatic carbocycles. The van der Waals surface area contributed by atoms with Gasteiger partial charge in [-0.25, -0.2) is 0 Å². The Bertz CT molecular complexity index is 507. The fraction of sp³-hybridized carbons (Fsp3) is 0.533. The molecule has 0 bridgehead atoms. The summed E-state index contributed by atoms with van der Waals surface area (Å²) in [6, 6.07) is 6.25. The monoisotopic (exact) mass is 292 g/mol. The summed E-state index contributed by atoms with van der Waals surface area (Å²) in [6.07, 6.45) is 5.10. The maximum Gasteiger partial charge on any atom is 0.231 e. The molecule has 108 valence electrons. The number of thiocarbonyl (C=S) groups is 1. The molecule has 1 aliphatic carbocycles. The van der Waals surface area contributed by atoms with E-state index in [2.05, 4.69) is 17.6 Å². The predicted octanol–water partition coefficient (Wildman–Crippen LogP) is 3.28. The minimum atomic E-state index is 0.293. The van der Waals surface area contributed by atoms with E-state index in [0.29, 0.717) is 23.9 Å². The van der Waals surface area contributed by atoms with Gasteiger partial charge in [-0.15, -0.1) is 0 Å². The summed E-state index contributed by atoms with van der Waals surface area (Å²) in [4.78, 5) is 0. The van der Waals surface area contributed by atoms with E-state index < -0.39 is 0 Å². The van der Waals surface area contributed by atoms with Gasteiger partial charge < -0.3 is 20.1 Å². The van der Waals surface area contributed by atoms with Crippen LogP contribution < -0.4 is 20.1 Å². The normalized spacial score (nSPS) is 24.2. The van der Waals surface area contributed by atoms with Crippen LogP contribution in [0, 0.1) is 5.92 Å². The van der Waals surface area contributed by atoms with Gasteiger partial charge in [0.25, 0.3) is 0 Å². The number of rotatable bonds is 2. The van der Waals surface area contributed by atoms with Crippen LogP contribution >= 0.6 is 12.2 Å². The van der Waals surface area contributed by atoms with Crippen LogP contribution in [-0.4, -0.2) is 17.9 Å². The SMILES string of the molecule is CC1CCCCC1NC(=S)Nc1ccc2c(c1)OCO2. The minimum absolute atomic E-state index is 0.293. The van der Waals surface area contributed by atoms with Crippen molar-refractivity contribution in [1.29, 1.82) is 0 Å². The van der Waals surface area contributed by atoms with Crippen molar-refractivity contribution in [2.24, 2.45) is 5.92 Å². The highest BCUT2D eigenvalue weighted by Crippen LogP contribution is 2.34. The van der Waals surface area contributed by atoms with Gasteiger partial charge in [0, 0.05) is 17.8 Å². The first kappa shape index (κ1) is 13.5. The summed E-state index contributed by atoms with van der Waals surface area (Å²) in [7, 11) is 0. The van der Waals surface area contributed by atoms with Crippen molar-refractivity contribution in [2.75, 3.05) is 12.1 Å². The number of anilines is 1. The summed E-state index contributed by atoms with van der Waals surface area (Å²) in [6.45, 7) is 2.58. The van der Waals surface area contributed by atoms with E-state index in [0.717, 1.165) is 17.2 Å². The highest BCUT2D eigenvalue weighted by Gasteiger charge is 2.22. The Hall–Kier alpha value is -1.49. The average Bonchev–Trinajstić information content (AvgIpc) is 2.89. The molecule has 4 nitrogen and oxygen atoms in total. The first-order valence-electron chi connectivity index (χ1n) is 7.19. The summed E-state index contributed by atoms with van der Waals surface area (Å²) < 4.78 is 10.7. The molecule has 3 rings (SSSR count). The Morgan fingerprint density at radius 1 is 1.20 bits per heavy atom. The molecule has 2 unspecified atom stereocenters. The molecule has 0 radical (unpaired) electrons. The van der Waals surface area contributed by atoms with Crippen LogP contribution in [0.2, 0.25) is 0 Å². The molecular weight excluding hydrogens is 272 g/mol. The van der Waals surface area contributed by atoms with Crippen LogP contribution in [0.4, 0.5) is 5.69 Å². The number of hydrogen-bond donors (Lipinski definition) is 2. The van der Waals surface area contributed by atoms with E-state index in [1.807, 2.05) is 18.2 Å². The van der Waals surface area contributed by atoms with Gasteiger partial charge in [-0.2, -0.15) is 0 Å². The van der Waals surface area contributed by atoms with Crippen LogP contribution in [0.25, 0.3) is 0 Å². The second-order valence-electron chi connectivity index (χ2n) is 5.53. The van der Waals surface area contributed by atoms with Crippen molar-refractivity contribution < 1.29 is 9.47 Å². The number of hydrogen-bond acceptors (Lipinski definition) is 3. The average molecular weight is 292 g/mol. The zero-order chi connectivity index (χ0) is 13.9. The number of benzene rings is 1. The largest absolute Gasteiger partial charge is 0.454 e. The lowest BCUT2D eigenvalue weighted by atomic mass is 9.86. The lowest BCUT2D eigenvalue weighted by Gasteiger charge is -2.30. The molecule has 20 heavy (non-hydrogen) atoms. The molecule has 0 spiro atoms. The number of ether oxygens (including phenoxy) is 2. The fourth-order valence-electron chi connectivity index (χ4n) is 2.84. The minimum Gasteiger partial charge on any atom is -0.454 e.